The molecule has 0 bridgehead atoms. The van der Waals surface area contributed by atoms with Gasteiger partial charge in [-0.3, -0.25) is 0 Å². The number of halogens is 3. The zero-order chi connectivity index (χ0) is 25.2. The molecular formula is C26H25ClF2N6O. The molecule has 0 saturated heterocycles. The highest BCUT2D eigenvalue weighted by Crippen LogP contribution is 2.32. The van der Waals surface area contributed by atoms with Gasteiger partial charge in [0.25, 0.3) is 0 Å². The number of aromatic nitrogens is 4. The topological polar surface area (TPSA) is 87.8 Å². The van der Waals surface area contributed by atoms with E-state index in [0.717, 1.165) is 31.9 Å². The summed E-state index contributed by atoms with van der Waals surface area (Å²) in [6.07, 6.45) is 6.25. The van der Waals surface area contributed by atoms with E-state index in [1.54, 1.807) is 25.4 Å². The third-order valence-electron chi connectivity index (χ3n) is 6.33. The van der Waals surface area contributed by atoms with Crippen LogP contribution in [0.1, 0.15) is 31.4 Å². The molecule has 5 rings (SSSR count). The Morgan fingerprint density at radius 2 is 2.00 bits per heavy atom. The number of ether oxygens (including phenoxy) is 1. The van der Waals surface area contributed by atoms with Crippen molar-refractivity contribution in [2.24, 2.45) is 0 Å². The molecule has 1 saturated carbocycles. The Kier molecular flexibility index (Phi) is 6.73. The van der Waals surface area contributed by atoms with Crippen LogP contribution < -0.4 is 15.4 Å². The number of rotatable bonds is 7. The lowest BCUT2D eigenvalue weighted by Crippen LogP contribution is -2.38. The monoisotopic (exact) mass is 510 g/mol. The molecule has 1 aromatic carbocycles. The van der Waals surface area contributed by atoms with Crippen molar-refractivity contribution >= 4 is 34.0 Å². The number of hydrogen-bond acceptors (Lipinski definition) is 6. The van der Waals surface area contributed by atoms with Crippen molar-refractivity contribution in [3.63, 3.8) is 0 Å². The second-order valence-electron chi connectivity index (χ2n) is 8.80. The number of nitrogens with one attached hydrogen (secondary N) is 3. The fourth-order valence-corrected chi connectivity index (χ4v) is 4.81. The van der Waals surface area contributed by atoms with Gasteiger partial charge >= 0.3 is 0 Å². The molecule has 0 aliphatic heterocycles. The lowest BCUT2D eigenvalue weighted by molar-refractivity contribution is 0.379. The van der Waals surface area contributed by atoms with Gasteiger partial charge in [-0.15, -0.1) is 0 Å². The van der Waals surface area contributed by atoms with Crippen molar-refractivity contribution in [2.45, 2.75) is 37.8 Å². The molecule has 0 amide bonds. The molecule has 1 fully saturated rings. The van der Waals surface area contributed by atoms with Crippen LogP contribution in [0.4, 0.5) is 14.6 Å². The van der Waals surface area contributed by atoms with E-state index in [1.807, 2.05) is 12.1 Å². The van der Waals surface area contributed by atoms with Gasteiger partial charge in [0, 0.05) is 40.3 Å². The molecule has 3 heterocycles. The molecule has 0 radical (unpaired) electrons. The highest BCUT2D eigenvalue weighted by molar-refractivity contribution is 6.31. The number of methoxy groups -OCH3 is 1. The van der Waals surface area contributed by atoms with Crippen LogP contribution >= 0.6 is 11.6 Å². The highest BCUT2D eigenvalue weighted by atomic mass is 35.5. The molecule has 36 heavy (non-hydrogen) atoms. The first-order valence-corrected chi connectivity index (χ1v) is 12.0. The van der Waals surface area contributed by atoms with Crippen molar-refractivity contribution in [2.75, 3.05) is 12.4 Å². The summed E-state index contributed by atoms with van der Waals surface area (Å²) in [4.78, 5) is 15.9. The minimum absolute atomic E-state index is 0.00516. The molecule has 0 spiro atoms. The molecule has 7 nitrogen and oxygen atoms in total. The minimum atomic E-state index is -0.553. The third-order valence-corrected chi connectivity index (χ3v) is 6.54. The summed E-state index contributed by atoms with van der Waals surface area (Å²) >= 11 is 6.04. The van der Waals surface area contributed by atoms with Gasteiger partial charge in [-0.1, -0.05) is 24.2 Å². The van der Waals surface area contributed by atoms with Crippen LogP contribution in [0.2, 0.25) is 5.02 Å². The summed E-state index contributed by atoms with van der Waals surface area (Å²) in [7, 11) is 1.57. The van der Waals surface area contributed by atoms with Gasteiger partial charge in [0.1, 0.15) is 5.82 Å². The molecule has 3 aromatic heterocycles. The predicted molar refractivity (Wildman–Crippen MR) is 137 cm³/mol. The van der Waals surface area contributed by atoms with Gasteiger partial charge < -0.3 is 20.4 Å². The summed E-state index contributed by atoms with van der Waals surface area (Å²) in [6, 6.07) is 8.52. The normalized spacial score (nSPS) is 17.7. The SMILES string of the molecule is C=C(N[C@@H]1CCC[C@H](Nc2nc(-c3c[nH]c4c(F)cc(Cl)cc34)ncc2F)C1)c1cccc(OC)n1. The Bertz CT molecular complexity index is 1430. The van der Waals surface area contributed by atoms with Gasteiger partial charge in [0.05, 0.1) is 30.2 Å². The number of nitrogens with zero attached hydrogens (tertiary/aromatic N) is 3. The zero-order valence-corrected chi connectivity index (χ0v) is 20.4. The summed E-state index contributed by atoms with van der Waals surface area (Å²) in [5, 5.41) is 7.48. The van der Waals surface area contributed by atoms with Crippen molar-refractivity contribution < 1.29 is 13.5 Å². The average Bonchev–Trinajstić information content (AvgIpc) is 3.30. The van der Waals surface area contributed by atoms with E-state index in [0.29, 0.717) is 33.7 Å². The minimum Gasteiger partial charge on any atom is -0.481 e. The average molecular weight is 511 g/mol. The van der Waals surface area contributed by atoms with E-state index in [2.05, 4.69) is 37.1 Å². The summed E-state index contributed by atoms with van der Waals surface area (Å²) in [5.41, 5.74) is 2.26. The van der Waals surface area contributed by atoms with E-state index in [-0.39, 0.29) is 28.7 Å². The van der Waals surface area contributed by atoms with Crippen molar-refractivity contribution in [3.05, 3.63) is 71.7 Å². The van der Waals surface area contributed by atoms with Crippen LogP contribution in [0, 0.1) is 11.6 Å². The molecular weight excluding hydrogens is 486 g/mol. The van der Waals surface area contributed by atoms with E-state index < -0.39 is 11.6 Å². The van der Waals surface area contributed by atoms with Crippen molar-refractivity contribution in [3.8, 4) is 17.3 Å². The van der Waals surface area contributed by atoms with E-state index in [1.165, 1.54) is 6.07 Å². The van der Waals surface area contributed by atoms with Gasteiger partial charge in [-0.05, 0) is 43.9 Å². The van der Waals surface area contributed by atoms with Crippen molar-refractivity contribution in [1.29, 1.82) is 0 Å². The number of benzene rings is 1. The zero-order valence-electron chi connectivity index (χ0n) is 19.6. The number of fused-ring (bicyclic) bond motifs is 1. The summed E-state index contributed by atoms with van der Waals surface area (Å²) < 4.78 is 34.1. The summed E-state index contributed by atoms with van der Waals surface area (Å²) in [6.45, 7) is 4.13. The molecule has 186 valence electrons. The van der Waals surface area contributed by atoms with Gasteiger partial charge in [-0.2, -0.15) is 0 Å². The molecule has 10 heteroatoms. The first kappa shape index (κ1) is 24.0. The predicted octanol–water partition coefficient (Wildman–Crippen LogP) is 5.94. The maximum atomic E-state index is 14.7. The first-order chi connectivity index (χ1) is 17.4. The summed E-state index contributed by atoms with van der Waals surface area (Å²) in [5.74, 6) is -0.127. The lowest BCUT2D eigenvalue weighted by Gasteiger charge is -2.31. The number of anilines is 1. The smallest absolute Gasteiger partial charge is 0.213 e. The maximum Gasteiger partial charge on any atom is 0.213 e. The quantitative estimate of drug-likeness (QED) is 0.285. The van der Waals surface area contributed by atoms with Crippen LogP contribution in [-0.2, 0) is 0 Å². The Hall–Kier alpha value is -3.72. The van der Waals surface area contributed by atoms with Crippen molar-refractivity contribution in [1.82, 2.24) is 25.3 Å². The lowest BCUT2D eigenvalue weighted by atomic mass is 9.90. The molecule has 0 unspecified atom stereocenters. The Morgan fingerprint density at radius 1 is 1.17 bits per heavy atom. The van der Waals surface area contributed by atoms with Crippen LogP contribution in [-0.4, -0.2) is 39.1 Å². The fourth-order valence-electron chi connectivity index (χ4n) is 4.60. The second-order valence-corrected chi connectivity index (χ2v) is 9.23. The molecule has 3 N–H and O–H groups in total. The standard InChI is InChI=1S/C26H25ClF2N6O/c1-14(22-7-4-8-23(34-22)36-2)32-16-5-3-6-17(11-16)33-26-21(29)13-31-25(35-26)19-12-30-24-18(19)9-15(27)10-20(24)28/h4,7-10,12-13,16-17,30,32H,1,3,5-6,11H2,2H3,(H,31,33,35)/t16-,17+/m1/s1. The van der Waals surface area contributed by atoms with Gasteiger partial charge in [-0.25, -0.2) is 23.7 Å². The number of pyridine rings is 1. The van der Waals surface area contributed by atoms with E-state index >= 15 is 0 Å². The first-order valence-electron chi connectivity index (χ1n) is 11.6. The van der Waals surface area contributed by atoms with Crippen LogP contribution in [0.25, 0.3) is 28.0 Å². The Morgan fingerprint density at radius 3 is 2.83 bits per heavy atom. The molecule has 2 atom stereocenters. The second kappa shape index (κ2) is 10.1. The third kappa shape index (κ3) is 4.97. The Labute approximate surface area is 212 Å². The molecule has 1 aliphatic rings. The van der Waals surface area contributed by atoms with Crippen LogP contribution in [0.3, 0.4) is 0 Å². The number of H-pyrrole nitrogens is 1. The van der Waals surface area contributed by atoms with E-state index in [4.69, 9.17) is 16.3 Å². The highest BCUT2D eigenvalue weighted by Gasteiger charge is 2.24. The number of hydrogen-bond donors (Lipinski definition) is 3. The van der Waals surface area contributed by atoms with Crippen LogP contribution in [0.5, 0.6) is 5.88 Å². The van der Waals surface area contributed by atoms with Gasteiger partial charge in [0.2, 0.25) is 5.88 Å². The molecule has 1 aliphatic carbocycles. The van der Waals surface area contributed by atoms with E-state index in [9.17, 15) is 8.78 Å². The molecule has 4 aromatic rings. The fraction of sp³-hybridized carbons (Fsp3) is 0.269. The maximum absolute atomic E-state index is 14.7. The number of aromatic amines is 1. The largest absolute Gasteiger partial charge is 0.481 e. The Balaban J connectivity index is 1.31. The van der Waals surface area contributed by atoms with Crippen LogP contribution in [0.15, 0.2) is 49.3 Å². The van der Waals surface area contributed by atoms with Gasteiger partial charge in [0.15, 0.2) is 17.5 Å².